The average molecular weight is 671 g/mol. The Labute approximate surface area is 300 Å². The van der Waals surface area contributed by atoms with Gasteiger partial charge in [0.15, 0.2) is 0 Å². The Morgan fingerprint density at radius 3 is 1.77 bits per heavy atom. The van der Waals surface area contributed by atoms with Crippen molar-refractivity contribution in [1.29, 1.82) is 0 Å². The minimum Gasteiger partial charge on any atom is -0.456 e. The Balaban J connectivity index is 1.16. The summed E-state index contributed by atoms with van der Waals surface area (Å²) in [6.07, 6.45) is 0. The van der Waals surface area contributed by atoms with E-state index >= 15 is 0 Å². The lowest BCUT2D eigenvalue weighted by Gasteiger charge is -2.26. The zero-order valence-electron chi connectivity index (χ0n) is 28.1. The first kappa shape index (κ1) is 30.0. The molecule has 0 atom stereocenters. The molecule has 0 N–H and O–H groups in total. The first-order valence-corrected chi connectivity index (χ1v) is 17.5. The molecular weight excluding hydrogens is 640 g/mol. The molecule has 8 aromatic carbocycles. The van der Waals surface area contributed by atoms with E-state index in [9.17, 15) is 4.39 Å². The van der Waals surface area contributed by atoms with Crippen molar-refractivity contribution in [2.45, 2.75) is 0 Å². The maximum absolute atomic E-state index is 13.7. The number of halogens is 1. The molecule has 0 fully saturated rings. The number of rotatable bonds is 6. The van der Waals surface area contributed by atoms with Gasteiger partial charge in [0.1, 0.15) is 17.0 Å². The Bertz CT molecular complexity index is 2890. The van der Waals surface area contributed by atoms with E-state index in [1.165, 1.54) is 28.6 Å². The molecule has 10 aromatic rings. The Morgan fingerprint density at radius 1 is 0.423 bits per heavy atom. The lowest BCUT2D eigenvalue weighted by molar-refractivity contribution is 0.628. The Hall–Kier alpha value is -6.91. The number of fused-ring (bicyclic) bond motifs is 6. The largest absolute Gasteiger partial charge is 0.456 e. The SMILES string of the molecule is Fc1ccc(-c2ccc(N(c3ccc4c(c3)c3ccccc3n4-c3ccc(-c4ccccc4)cc3)c3cccc4oc5ccccc5c34)cc2)cc1. The molecule has 2 heterocycles. The van der Waals surface area contributed by atoms with Gasteiger partial charge >= 0.3 is 0 Å². The number of anilines is 3. The van der Waals surface area contributed by atoms with Crippen molar-refractivity contribution in [3.05, 3.63) is 194 Å². The van der Waals surface area contributed by atoms with Gasteiger partial charge in [-0.15, -0.1) is 0 Å². The summed E-state index contributed by atoms with van der Waals surface area (Å²) in [6.45, 7) is 0. The average Bonchev–Trinajstić information content (AvgIpc) is 3.75. The van der Waals surface area contributed by atoms with Crippen LogP contribution in [0, 0.1) is 5.82 Å². The molecule has 0 amide bonds. The van der Waals surface area contributed by atoms with Crippen molar-refractivity contribution in [2.75, 3.05) is 4.90 Å². The van der Waals surface area contributed by atoms with E-state index in [4.69, 9.17) is 4.42 Å². The molecule has 0 saturated heterocycles. The second-order valence-corrected chi connectivity index (χ2v) is 13.1. The third kappa shape index (κ3) is 4.96. The van der Waals surface area contributed by atoms with Crippen molar-refractivity contribution >= 4 is 60.8 Å². The lowest BCUT2D eigenvalue weighted by atomic mass is 10.0. The molecular formula is C48H31FN2O. The van der Waals surface area contributed by atoms with E-state index < -0.39 is 0 Å². The zero-order valence-corrected chi connectivity index (χ0v) is 28.1. The van der Waals surface area contributed by atoms with Gasteiger partial charge in [0, 0.05) is 33.2 Å². The van der Waals surface area contributed by atoms with Crippen LogP contribution in [0.2, 0.25) is 0 Å². The standard InChI is InChI=1S/C48H31FN2O/c49-36-23-17-33(18-24-36)35-19-25-37(26-20-35)50(45-14-8-16-47-48(45)41-12-5-7-15-46(41)52-47)39-29-30-44-42(31-39)40-11-4-6-13-43(40)51(44)38-27-21-34(22-28-38)32-9-2-1-3-10-32/h1-31H. The van der Waals surface area contributed by atoms with Crippen LogP contribution < -0.4 is 4.90 Å². The van der Waals surface area contributed by atoms with Gasteiger partial charge in [-0.2, -0.15) is 0 Å². The number of benzene rings is 8. The Morgan fingerprint density at radius 2 is 1.00 bits per heavy atom. The number of para-hydroxylation sites is 2. The highest BCUT2D eigenvalue weighted by molar-refractivity contribution is 6.15. The maximum Gasteiger partial charge on any atom is 0.137 e. The molecule has 0 aliphatic rings. The molecule has 0 bridgehead atoms. The predicted octanol–water partition coefficient (Wildman–Crippen LogP) is 13.6. The van der Waals surface area contributed by atoms with E-state index in [1.54, 1.807) is 0 Å². The summed E-state index contributed by atoms with van der Waals surface area (Å²) in [5, 5.41) is 4.47. The first-order valence-electron chi connectivity index (χ1n) is 17.5. The van der Waals surface area contributed by atoms with Gasteiger partial charge < -0.3 is 13.9 Å². The molecule has 10 rings (SSSR count). The minimum atomic E-state index is -0.243. The summed E-state index contributed by atoms with van der Waals surface area (Å²) in [7, 11) is 0. The Kier molecular flexibility index (Phi) is 7.00. The molecule has 3 nitrogen and oxygen atoms in total. The summed E-state index contributed by atoms with van der Waals surface area (Å²) in [6, 6.07) is 64.3. The lowest BCUT2D eigenvalue weighted by Crippen LogP contribution is -2.10. The minimum absolute atomic E-state index is 0.243. The molecule has 0 saturated carbocycles. The molecule has 246 valence electrons. The molecule has 0 aliphatic carbocycles. The van der Waals surface area contributed by atoms with E-state index in [1.807, 2.05) is 36.4 Å². The van der Waals surface area contributed by atoms with Crippen molar-refractivity contribution in [3.63, 3.8) is 0 Å². The van der Waals surface area contributed by atoms with Gasteiger partial charge in [0.05, 0.1) is 22.1 Å². The number of nitrogens with zero attached hydrogens (tertiary/aromatic N) is 2. The van der Waals surface area contributed by atoms with Gasteiger partial charge in [0.2, 0.25) is 0 Å². The van der Waals surface area contributed by atoms with Crippen molar-refractivity contribution in [2.24, 2.45) is 0 Å². The normalized spacial score (nSPS) is 11.6. The second kappa shape index (κ2) is 12.1. The molecule has 0 spiro atoms. The van der Waals surface area contributed by atoms with Crippen molar-refractivity contribution in [1.82, 2.24) is 4.57 Å². The molecule has 52 heavy (non-hydrogen) atoms. The van der Waals surface area contributed by atoms with Crippen LogP contribution in [0.25, 0.3) is 71.7 Å². The molecule has 0 radical (unpaired) electrons. The topological polar surface area (TPSA) is 21.3 Å². The number of hydrogen-bond acceptors (Lipinski definition) is 2. The third-order valence-electron chi connectivity index (χ3n) is 10.1. The molecule has 0 unspecified atom stereocenters. The first-order chi connectivity index (χ1) is 25.7. The fraction of sp³-hybridized carbons (Fsp3) is 0. The van der Waals surface area contributed by atoms with E-state index in [-0.39, 0.29) is 5.82 Å². The zero-order chi connectivity index (χ0) is 34.6. The smallest absolute Gasteiger partial charge is 0.137 e. The summed E-state index contributed by atoms with van der Waals surface area (Å²) < 4.78 is 22.4. The van der Waals surface area contributed by atoms with E-state index in [0.29, 0.717) is 0 Å². The summed E-state index contributed by atoms with van der Waals surface area (Å²) in [4.78, 5) is 2.32. The number of hydrogen-bond donors (Lipinski definition) is 0. The fourth-order valence-electron chi connectivity index (χ4n) is 7.63. The monoisotopic (exact) mass is 670 g/mol. The summed E-state index contributed by atoms with van der Waals surface area (Å²) in [5.74, 6) is -0.243. The van der Waals surface area contributed by atoms with Crippen LogP contribution in [0.15, 0.2) is 192 Å². The van der Waals surface area contributed by atoms with Crippen LogP contribution in [0.3, 0.4) is 0 Å². The predicted molar refractivity (Wildman–Crippen MR) is 214 cm³/mol. The third-order valence-corrected chi connectivity index (χ3v) is 10.1. The quantitative estimate of drug-likeness (QED) is 0.176. The van der Waals surface area contributed by atoms with Gasteiger partial charge in [-0.05, 0) is 101 Å². The molecule has 2 aromatic heterocycles. The van der Waals surface area contributed by atoms with Crippen LogP contribution in [-0.2, 0) is 0 Å². The van der Waals surface area contributed by atoms with Crippen LogP contribution in [0.1, 0.15) is 0 Å². The van der Waals surface area contributed by atoms with E-state index in [0.717, 1.165) is 72.2 Å². The maximum atomic E-state index is 13.7. The summed E-state index contributed by atoms with van der Waals surface area (Å²) >= 11 is 0. The summed E-state index contributed by atoms with van der Waals surface area (Å²) in [5.41, 5.74) is 12.5. The molecule has 4 heteroatoms. The van der Waals surface area contributed by atoms with Gasteiger partial charge in [-0.1, -0.05) is 109 Å². The van der Waals surface area contributed by atoms with Crippen LogP contribution in [0.4, 0.5) is 21.5 Å². The highest BCUT2D eigenvalue weighted by atomic mass is 19.1. The van der Waals surface area contributed by atoms with Crippen molar-refractivity contribution < 1.29 is 8.81 Å². The van der Waals surface area contributed by atoms with Gasteiger partial charge in [0.25, 0.3) is 0 Å². The fourth-order valence-corrected chi connectivity index (χ4v) is 7.63. The highest BCUT2D eigenvalue weighted by Gasteiger charge is 2.21. The van der Waals surface area contributed by atoms with Gasteiger partial charge in [-0.3, -0.25) is 0 Å². The second-order valence-electron chi connectivity index (χ2n) is 13.1. The molecule has 0 aliphatic heterocycles. The van der Waals surface area contributed by atoms with Crippen molar-refractivity contribution in [3.8, 4) is 27.9 Å². The van der Waals surface area contributed by atoms with Crippen LogP contribution in [0.5, 0.6) is 0 Å². The van der Waals surface area contributed by atoms with Crippen LogP contribution in [-0.4, -0.2) is 4.57 Å². The highest BCUT2D eigenvalue weighted by Crippen LogP contribution is 2.45. The number of aromatic nitrogens is 1. The number of furan rings is 1. The van der Waals surface area contributed by atoms with Crippen LogP contribution >= 0.6 is 0 Å². The van der Waals surface area contributed by atoms with E-state index in [2.05, 4.69) is 149 Å². The van der Waals surface area contributed by atoms with Gasteiger partial charge in [-0.25, -0.2) is 4.39 Å².